The number of rotatable bonds is 7. The summed E-state index contributed by atoms with van der Waals surface area (Å²) in [7, 11) is 0. The molecule has 0 aliphatic carbocycles. The minimum absolute atomic E-state index is 0.273. The second-order valence-corrected chi connectivity index (χ2v) is 4.65. The maximum absolute atomic E-state index is 8.83. The number of aryl methyl sites for hydroxylation is 1. The van der Waals surface area contributed by atoms with Gasteiger partial charge in [0.25, 0.3) is 0 Å². The largest absolute Gasteiger partial charge is 0.463 e. The average molecular weight is 282 g/mol. The van der Waals surface area contributed by atoms with Crippen LogP contribution < -0.4 is 10.1 Å². The van der Waals surface area contributed by atoms with Crippen molar-refractivity contribution in [1.29, 1.82) is 5.26 Å². The predicted octanol–water partition coefficient (Wildman–Crippen LogP) is 2.22. The van der Waals surface area contributed by atoms with Gasteiger partial charge in [0, 0.05) is 12.2 Å². The van der Waals surface area contributed by atoms with Crippen LogP contribution in [0.25, 0.3) is 0 Å². The normalized spacial score (nSPS) is 10.1. The number of hydrogen-bond donors (Lipinski definition) is 1. The molecule has 21 heavy (non-hydrogen) atoms. The molecule has 1 heterocycles. The number of ether oxygens (including phenoxy) is 1. The van der Waals surface area contributed by atoms with Gasteiger partial charge in [0.15, 0.2) is 0 Å². The lowest BCUT2D eigenvalue weighted by Gasteiger charge is -2.06. The summed E-state index contributed by atoms with van der Waals surface area (Å²) < 4.78 is 5.47. The van der Waals surface area contributed by atoms with Crippen LogP contribution in [0.5, 0.6) is 6.01 Å². The molecule has 0 aliphatic heterocycles. The zero-order valence-electron chi connectivity index (χ0n) is 12.0. The van der Waals surface area contributed by atoms with Gasteiger partial charge in [0.2, 0.25) is 0 Å². The minimum atomic E-state index is 0.273. The molecule has 0 radical (unpaired) electrons. The third-order valence-electron chi connectivity index (χ3n) is 2.85. The average Bonchev–Trinajstić information content (AvgIpc) is 2.51. The quantitative estimate of drug-likeness (QED) is 0.788. The monoisotopic (exact) mass is 282 g/mol. The summed E-state index contributed by atoms with van der Waals surface area (Å²) in [5.41, 5.74) is 2.33. The first kappa shape index (κ1) is 14.9. The van der Waals surface area contributed by atoms with E-state index in [2.05, 4.69) is 27.4 Å². The van der Waals surface area contributed by atoms with Gasteiger partial charge in [0.05, 0.1) is 6.61 Å². The second kappa shape index (κ2) is 7.98. The first-order valence-corrected chi connectivity index (χ1v) is 6.91. The predicted molar refractivity (Wildman–Crippen MR) is 79.7 cm³/mol. The van der Waals surface area contributed by atoms with Gasteiger partial charge in [-0.25, -0.2) is 4.98 Å². The van der Waals surface area contributed by atoms with Gasteiger partial charge in [-0.05, 0) is 31.5 Å². The molecule has 0 unspecified atom stereocenters. The molecule has 5 heteroatoms. The molecule has 108 valence electrons. The Bertz CT molecular complexity index is 607. The highest BCUT2D eigenvalue weighted by Crippen LogP contribution is 2.06. The Morgan fingerprint density at radius 2 is 2.05 bits per heavy atom. The number of nitriles is 1. The molecule has 0 aliphatic rings. The lowest BCUT2D eigenvalue weighted by Crippen LogP contribution is -2.17. The van der Waals surface area contributed by atoms with E-state index in [1.165, 1.54) is 5.56 Å². The SMILES string of the molecule is Cc1cc(C#N)nc(OCCCNCc2ccccc2)n1. The first-order valence-electron chi connectivity index (χ1n) is 6.91. The number of benzene rings is 1. The molecule has 2 rings (SSSR count). The molecule has 0 bridgehead atoms. The molecule has 5 nitrogen and oxygen atoms in total. The Balaban J connectivity index is 1.66. The molecule has 1 aromatic heterocycles. The van der Waals surface area contributed by atoms with Gasteiger partial charge in [-0.3, -0.25) is 0 Å². The van der Waals surface area contributed by atoms with Crippen LogP contribution in [0.3, 0.4) is 0 Å². The van der Waals surface area contributed by atoms with Crippen molar-refractivity contribution in [3.8, 4) is 12.1 Å². The molecular formula is C16H18N4O. The minimum Gasteiger partial charge on any atom is -0.463 e. The van der Waals surface area contributed by atoms with E-state index >= 15 is 0 Å². The Labute approximate surface area is 124 Å². The number of hydrogen-bond acceptors (Lipinski definition) is 5. The van der Waals surface area contributed by atoms with Crippen molar-refractivity contribution in [1.82, 2.24) is 15.3 Å². The summed E-state index contributed by atoms with van der Waals surface area (Å²) in [5.74, 6) is 0. The molecule has 2 aromatic rings. The summed E-state index contributed by atoms with van der Waals surface area (Å²) in [6.07, 6.45) is 0.853. The Hall–Kier alpha value is -2.45. The van der Waals surface area contributed by atoms with E-state index in [9.17, 15) is 0 Å². The van der Waals surface area contributed by atoms with Crippen LogP contribution in [0.15, 0.2) is 36.4 Å². The highest BCUT2D eigenvalue weighted by molar-refractivity contribution is 5.23. The fourth-order valence-corrected chi connectivity index (χ4v) is 1.85. The molecular weight excluding hydrogens is 264 g/mol. The molecule has 1 aromatic carbocycles. The van der Waals surface area contributed by atoms with E-state index < -0.39 is 0 Å². The fraction of sp³-hybridized carbons (Fsp3) is 0.312. The van der Waals surface area contributed by atoms with Crippen molar-refractivity contribution < 1.29 is 4.74 Å². The third kappa shape index (κ3) is 5.21. The first-order chi connectivity index (χ1) is 10.3. The van der Waals surface area contributed by atoms with Crippen LogP contribution >= 0.6 is 0 Å². The number of nitrogens with zero attached hydrogens (tertiary/aromatic N) is 3. The van der Waals surface area contributed by atoms with Gasteiger partial charge in [-0.2, -0.15) is 10.2 Å². The summed E-state index contributed by atoms with van der Waals surface area (Å²) in [6, 6.07) is 14.1. The van der Waals surface area contributed by atoms with Crippen molar-refractivity contribution in [2.45, 2.75) is 19.9 Å². The van der Waals surface area contributed by atoms with Crippen molar-refractivity contribution in [2.75, 3.05) is 13.2 Å². The molecule has 0 spiro atoms. The summed E-state index contributed by atoms with van der Waals surface area (Å²) in [5, 5.41) is 12.2. The standard InChI is InChI=1S/C16H18N4O/c1-13-10-15(11-17)20-16(19-13)21-9-5-8-18-12-14-6-3-2-4-7-14/h2-4,6-7,10,18H,5,8-9,12H2,1H3. The number of aromatic nitrogens is 2. The van der Waals surface area contributed by atoms with Gasteiger partial charge in [-0.15, -0.1) is 0 Å². The molecule has 1 N–H and O–H groups in total. The Kier molecular flexibility index (Phi) is 5.68. The Morgan fingerprint density at radius 1 is 1.24 bits per heavy atom. The van der Waals surface area contributed by atoms with Crippen LogP contribution in [-0.4, -0.2) is 23.1 Å². The maximum atomic E-state index is 8.83. The molecule has 0 saturated heterocycles. The lowest BCUT2D eigenvalue weighted by molar-refractivity contribution is 0.283. The lowest BCUT2D eigenvalue weighted by atomic mass is 10.2. The molecule has 0 saturated carbocycles. The van der Waals surface area contributed by atoms with E-state index in [0.29, 0.717) is 12.3 Å². The zero-order chi connectivity index (χ0) is 14.9. The molecule has 0 atom stereocenters. The van der Waals surface area contributed by atoms with E-state index in [-0.39, 0.29) is 6.01 Å². The van der Waals surface area contributed by atoms with Crippen LogP contribution in [0.1, 0.15) is 23.4 Å². The third-order valence-corrected chi connectivity index (χ3v) is 2.85. The van der Waals surface area contributed by atoms with Crippen molar-refractivity contribution in [3.05, 3.63) is 53.3 Å². The molecule has 0 amide bonds. The highest BCUT2D eigenvalue weighted by atomic mass is 16.5. The fourth-order valence-electron chi connectivity index (χ4n) is 1.85. The molecule has 0 fully saturated rings. The van der Waals surface area contributed by atoms with Gasteiger partial charge in [-0.1, -0.05) is 30.3 Å². The van der Waals surface area contributed by atoms with Crippen molar-refractivity contribution in [3.63, 3.8) is 0 Å². The van der Waals surface area contributed by atoms with Gasteiger partial charge in [0.1, 0.15) is 11.8 Å². The van der Waals surface area contributed by atoms with Gasteiger partial charge < -0.3 is 10.1 Å². The van der Waals surface area contributed by atoms with Crippen LogP contribution in [0.4, 0.5) is 0 Å². The topological polar surface area (TPSA) is 70.8 Å². The van der Waals surface area contributed by atoms with E-state index in [0.717, 1.165) is 25.2 Å². The highest BCUT2D eigenvalue weighted by Gasteiger charge is 2.02. The van der Waals surface area contributed by atoms with Crippen molar-refractivity contribution >= 4 is 0 Å². The van der Waals surface area contributed by atoms with E-state index in [1.807, 2.05) is 31.2 Å². The Morgan fingerprint density at radius 3 is 2.81 bits per heavy atom. The van der Waals surface area contributed by atoms with Crippen LogP contribution in [-0.2, 0) is 6.54 Å². The van der Waals surface area contributed by atoms with E-state index in [1.54, 1.807) is 6.07 Å². The second-order valence-electron chi connectivity index (χ2n) is 4.65. The summed E-state index contributed by atoms with van der Waals surface area (Å²) >= 11 is 0. The smallest absolute Gasteiger partial charge is 0.317 e. The summed E-state index contributed by atoms with van der Waals surface area (Å²) in [4.78, 5) is 8.14. The zero-order valence-corrected chi connectivity index (χ0v) is 12.0. The van der Waals surface area contributed by atoms with Gasteiger partial charge >= 0.3 is 6.01 Å². The van der Waals surface area contributed by atoms with Crippen LogP contribution in [0.2, 0.25) is 0 Å². The van der Waals surface area contributed by atoms with E-state index in [4.69, 9.17) is 10.00 Å². The van der Waals surface area contributed by atoms with Crippen LogP contribution in [0, 0.1) is 18.3 Å². The van der Waals surface area contributed by atoms with Crippen molar-refractivity contribution in [2.24, 2.45) is 0 Å². The number of nitrogens with one attached hydrogen (secondary N) is 1. The maximum Gasteiger partial charge on any atom is 0.317 e. The summed E-state index contributed by atoms with van der Waals surface area (Å²) in [6.45, 7) is 4.04.